The van der Waals surface area contributed by atoms with E-state index in [0.717, 1.165) is 60.7 Å². The Kier molecular flexibility index (Phi) is 15.3. The second kappa shape index (κ2) is 20.1. The van der Waals surface area contributed by atoms with Crippen molar-refractivity contribution in [3.8, 4) is 0 Å². The van der Waals surface area contributed by atoms with E-state index < -0.39 is 71.7 Å². The standard InChI is InChI=1S/C51H73BrO13/c1-30-25-41(63-51(27-30)42(54)16-15-37(62-51)28-48(6,57)47(56)58-29-35-11-7-8-12-38(35)52)31(2)13-14-36-18-22-50(61-36)23-19-40-46(65-50)43(55)34(5)45(60-40)39(53)26-33(4)44-32(3)17-21-49(64-44)20-9-10-24-59-49/h7-8,11-14,27,31-33,36-37,39-46,53-55,57H,5,9-10,15-26,28-29H2,1-4,6H3. The van der Waals surface area contributed by atoms with Crippen LogP contribution < -0.4 is 0 Å². The number of halogens is 1. The first kappa shape index (κ1) is 49.4. The van der Waals surface area contributed by atoms with E-state index in [2.05, 4.69) is 55.4 Å². The summed E-state index contributed by atoms with van der Waals surface area (Å²) in [6, 6.07) is 7.43. The van der Waals surface area contributed by atoms with E-state index in [-0.39, 0.29) is 43.2 Å². The van der Waals surface area contributed by atoms with Crippen LogP contribution in [0.4, 0.5) is 0 Å². The molecule has 8 rings (SSSR count). The number of fused-ring (bicyclic) bond motifs is 1. The quantitative estimate of drug-likeness (QED) is 0.119. The fourth-order valence-corrected chi connectivity index (χ4v) is 11.9. The van der Waals surface area contributed by atoms with Gasteiger partial charge in [0.25, 0.3) is 0 Å². The molecule has 0 aliphatic carbocycles. The maximum atomic E-state index is 13.1. The van der Waals surface area contributed by atoms with Crippen molar-refractivity contribution in [2.75, 3.05) is 6.61 Å². The molecule has 362 valence electrons. The van der Waals surface area contributed by atoms with Crippen molar-refractivity contribution in [1.82, 2.24) is 0 Å². The average molecular weight is 974 g/mol. The van der Waals surface area contributed by atoms with Gasteiger partial charge in [-0.3, -0.25) is 0 Å². The molecule has 17 unspecified atom stereocenters. The third kappa shape index (κ3) is 10.9. The van der Waals surface area contributed by atoms with Gasteiger partial charge in [0, 0.05) is 48.1 Å². The van der Waals surface area contributed by atoms with E-state index in [1.54, 1.807) is 0 Å². The van der Waals surface area contributed by atoms with Gasteiger partial charge in [0.15, 0.2) is 17.2 Å². The molecule has 1 aromatic rings. The first-order valence-electron chi connectivity index (χ1n) is 24.3. The first-order chi connectivity index (χ1) is 30.9. The van der Waals surface area contributed by atoms with Gasteiger partial charge in [0.05, 0.1) is 43.2 Å². The number of aliphatic hydroxyl groups is 4. The van der Waals surface area contributed by atoms with Crippen molar-refractivity contribution in [3.05, 3.63) is 70.3 Å². The van der Waals surface area contributed by atoms with E-state index in [1.165, 1.54) is 6.92 Å². The maximum absolute atomic E-state index is 13.1. The Bertz CT molecular complexity index is 1900. The molecule has 0 bridgehead atoms. The molecule has 14 heteroatoms. The van der Waals surface area contributed by atoms with Crippen LogP contribution in [-0.4, -0.2) is 117 Å². The summed E-state index contributed by atoms with van der Waals surface area (Å²) in [4.78, 5) is 13.1. The Balaban J connectivity index is 0.827. The lowest BCUT2D eigenvalue weighted by Crippen LogP contribution is -2.60. The van der Waals surface area contributed by atoms with Crippen molar-refractivity contribution in [2.24, 2.45) is 17.8 Å². The molecular weight excluding hydrogens is 900 g/mol. The first-order valence-corrected chi connectivity index (χ1v) is 25.1. The van der Waals surface area contributed by atoms with Crippen LogP contribution in [-0.2, 0) is 49.3 Å². The average Bonchev–Trinajstić information content (AvgIpc) is 3.67. The number of esters is 1. The minimum Gasteiger partial charge on any atom is -0.459 e. The zero-order chi connectivity index (χ0) is 46.3. The zero-order valence-electron chi connectivity index (χ0n) is 38.9. The lowest BCUT2D eigenvalue weighted by molar-refractivity contribution is -0.321. The third-order valence-corrected chi connectivity index (χ3v) is 16.1. The summed E-state index contributed by atoms with van der Waals surface area (Å²) in [5.41, 5.74) is 0.396. The molecule has 7 aliphatic heterocycles. The predicted octanol–water partition coefficient (Wildman–Crippen LogP) is 7.63. The van der Waals surface area contributed by atoms with Crippen molar-refractivity contribution < 1.29 is 63.1 Å². The molecule has 3 spiro atoms. The molecule has 0 aromatic heterocycles. The fraction of sp³-hybridized carbons (Fsp3) is 0.745. The summed E-state index contributed by atoms with van der Waals surface area (Å²) >= 11 is 3.47. The third-order valence-electron chi connectivity index (χ3n) is 15.3. The molecular formula is C51H73BrO13. The molecule has 13 nitrogen and oxygen atoms in total. The molecule has 7 heterocycles. The molecule has 0 saturated carbocycles. The van der Waals surface area contributed by atoms with Crippen LogP contribution in [0.2, 0.25) is 0 Å². The van der Waals surface area contributed by atoms with Crippen LogP contribution in [0, 0.1) is 17.8 Å². The van der Waals surface area contributed by atoms with Gasteiger partial charge >= 0.3 is 5.97 Å². The van der Waals surface area contributed by atoms with E-state index >= 15 is 0 Å². The fourth-order valence-electron chi connectivity index (χ4n) is 11.5. The van der Waals surface area contributed by atoms with Gasteiger partial charge in [0.2, 0.25) is 5.79 Å². The Labute approximate surface area is 393 Å². The van der Waals surface area contributed by atoms with Gasteiger partial charge in [-0.05, 0) is 101 Å². The van der Waals surface area contributed by atoms with Gasteiger partial charge in [-0.15, -0.1) is 0 Å². The Morgan fingerprint density at radius 3 is 2.54 bits per heavy atom. The summed E-state index contributed by atoms with van der Waals surface area (Å²) in [7, 11) is 0. The van der Waals surface area contributed by atoms with Gasteiger partial charge in [-0.1, -0.05) is 79.2 Å². The molecule has 7 aliphatic rings. The number of ether oxygens (including phenoxy) is 8. The largest absolute Gasteiger partial charge is 0.459 e. The number of aliphatic hydroxyl groups excluding tert-OH is 3. The normalized spacial score (nSPS) is 41.2. The zero-order valence-corrected chi connectivity index (χ0v) is 40.5. The minimum atomic E-state index is -1.82. The lowest BCUT2D eigenvalue weighted by atomic mass is 9.79. The number of benzene rings is 1. The molecule has 4 N–H and O–H groups in total. The monoisotopic (exact) mass is 972 g/mol. The molecule has 17 atom stereocenters. The Morgan fingerprint density at radius 2 is 1.77 bits per heavy atom. The minimum absolute atomic E-state index is 0.0120. The summed E-state index contributed by atoms with van der Waals surface area (Å²) in [6.07, 6.45) is 9.64. The van der Waals surface area contributed by atoms with Crippen molar-refractivity contribution in [3.63, 3.8) is 0 Å². The number of rotatable bonds is 12. The second-order valence-electron chi connectivity index (χ2n) is 20.7. The highest BCUT2D eigenvalue weighted by Gasteiger charge is 2.55. The van der Waals surface area contributed by atoms with Crippen LogP contribution in [0.3, 0.4) is 0 Å². The smallest absolute Gasteiger partial charge is 0.338 e. The maximum Gasteiger partial charge on any atom is 0.338 e. The molecule has 6 saturated heterocycles. The highest BCUT2D eigenvalue weighted by molar-refractivity contribution is 9.10. The molecule has 65 heavy (non-hydrogen) atoms. The molecule has 6 fully saturated rings. The number of hydrogen-bond acceptors (Lipinski definition) is 13. The van der Waals surface area contributed by atoms with E-state index in [9.17, 15) is 25.2 Å². The molecule has 1 aromatic carbocycles. The van der Waals surface area contributed by atoms with Crippen LogP contribution in [0.1, 0.15) is 130 Å². The van der Waals surface area contributed by atoms with Crippen molar-refractivity contribution in [2.45, 2.75) is 215 Å². The topological polar surface area (TPSA) is 172 Å². The van der Waals surface area contributed by atoms with E-state index in [1.807, 2.05) is 37.3 Å². The molecule has 0 amide bonds. The van der Waals surface area contributed by atoms with Crippen molar-refractivity contribution >= 4 is 21.9 Å². The summed E-state index contributed by atoms with van der Waals surface area (Å²) in [5.74, 6) is -3.25. The van der Waals surface area contributed by atoms with Crippen LogP contribution in [0.15, 0.2) is 64.7 Å². The predicted molar refractivity (Wildman–Crippen MR) is 244 cm³/mol. The van der Waals surface area contributed by atoms with E-state index in [4.69, 9.17) is 37.9 Å². The van der Waals surface area contributed by atoms with E-state index in [0.29, 0.717) is 56.4 Å². The summed E-state index contributed by atoms with van der Waals surface area (Å²) in [5, 5.41) is 45.8. The van der Waals surface area contributed by atoms with Crippen LogP contribution >= 0.6 is 15.9 Å². The highest BCUT2D eigenvalue weighted by atomic mass is 79.9. The van der Waals surface area contributed by atoms with Crippen LogP contribution in [0.25, 0.3) is 0 Å². The van der Waals surface area contributed by atoms with Gasteiger partial charge in [0.1, 0.15) is 31.0 Å². The Morgan fingerprint density at radius 1 is 1.00 bits per heavy atom. The summed E-state index contributed by atoms with van der Waals surface area (Å²) in [6.45, 7) is 14.8. The number of carbonyl (C=O) groups excluding carboxylic acids is 1. The molecule has 0 radical (unpaired) electrons. The van der Waals surface area contributed by atoms with Crippen molar-refractivity contribution in [1.29, 1.82) is 0 Å². The van der Waals surface area contributed by atoms with Gasteiger partial charge in [-0.25, -0.2) is 4.79 Å². The highest BCUT2D eigenvalue weighted by Crippen LogP contribution is 2.48. The number of hydrogen-bond donors (Lipinski definition) is 4. The lowest BCUT2D eigenvalue weighted by Gasteiger charge is -2.50. The van der Waals surface area contributed by atoms with Crippen LogP contribution in [0.5, 0.6) is 0 Å². The Hall–Kier alpha value is -2.05. The summed E-state index contributed by atoms with van der Waals surface area (Å²) < 4.78 is 52.1. The number of carbonyl (C=O) groups is 1. The van der Waals surface area contributed by atoms with Gasteiger partial charge < -0.3 is 58.3 Å². The van der Waals surface area contributed by atoms with Gasteiger partial charge in [-0.2, -0.15) is 0 Å². The second-order valence-corrected chi connectivity index (χ2v) is 21.6. The SMILES string of the molecule is C=C1C(O)C2OC3(CCC(C=CC(C)C4CC(C)=CC5(OC(CC(C)(O)C(=O)OCc6ccccc6Br)CCC5O)O4)O3)CCC2OC1C(O)CC(C)C1OC2(CCCCO2)CCC1C.